The second kappa shape index (κ2) is 9.41. The van der Waals surface area contributed by atoms with Crippen LogP contribution in [0.3, 0.4) is 0 Å². The van der Waals surface area contributed by atoms with E-state index in [1.807, 2.05) is 0 Å². The molecule has 0 bridgehead atoms. The van der Waals surface area contributed by atoms with Crippen molar-refractivity contribution >= 4 is 19.9 Å². The molecule has 0 aliphatic heterocycles. The monoisotopic (exact) mass is 262 g/mol. The van der Waals surface area contributed by atoms with Crippen molar-refractivity contribution in [2.45, 2.75) is 38.8 Å². The standard InChI is InChI=1S/C12H23O4P/c1-5-10(2)17(8-6-11(13)15-3)9-7-12(14)16-4/h10H,5-9H2,1-4H3. The van der Waals surface area contributed by atoms with Gasteiger partial charge in [-0.1, -0.05) is 13.8 Å². The van der Waals surface area contributed by atoms with Gasteiger partial charge >= 0.3 is 11.9 Å². The molecule has 100 valence electrons. The van der Waals surface area contributed by atoms with E-state index in [0.29, 0.717) is 18.5 Å². The molecule has 0 heterocycles. The molecule has 0 aromatic carbocycles. The van der Waals surface area contributed by atoms with Crippen LogP contribution >= 0.6 is 7.92 Å². The Morgan fingerprint density at radius 3 is 1.76 bits per heavy atom. The van der Waals surface area contributed by atoms with Crippen LogP contribution in [0.2, 0.25) is 0 Å². The molecule has 0 aliphatic carbocycles. The fourth-order valence-corrected chi connectivity index (χ4v) is 4.05. The quantitative estimate of drug-likeness (QED) is 0.498. The second-order valence-corrected chi connectivity index (χ2v) is 6.90. The van der Waals surface area contributed by atoms with Crippen molar-refractivity contribution in [2.75, 3.05) is 26.5 Å². The van der Waals surface area contributed by atoms with Gasteiger partial charge in [0.2, 0.25) is 0 Å². The summed E-state index contributed by atoms with van der Waals surface area (Å²) < 4.78 is 9.28. The van der Waals surface area contributed by atoms with Gasteiger partial charge in [-0.15, -0.1) is 7.92 Å². The van der Waals surface area contributed by atoms with Gasteiger partial charge in [0.15, 0.2) is 0 Å². The highest BCUT2D eigenvalue weighted by Gasteiger charge is 2.18. The maximum absolute atomic E-state index is 11.1. The number of hydrogen-bond donors (Lipinski definition) is 0. The van der Waals surface area contributed by atoms with Crippen LogP contribution in [-0.2, 0) is 19.1 Å². The van der Waals surface area contributed by atoms with E-state index < -0.39 is 0 Å². The molecule has 0 saturated heterocycles. The molecule has 0 radical (unpaired) electrons. The topological polar surface area (TPSA) is 52.6 Å². The molecular formula is C12H23O4P. The molecule has 17 heavy (non-hydrogen) atoms. The van der Waals surface area contributed by atoms with Crippen LogP contribution in [0.4, 0.5) is 0 Å². The van der Waals surface area contributed by atoms with E-state index in [0.717, 1.165) is 18.7 Å². The second-order valence-electron chi connectivity index (χ2n) is 3.95. The molecule has 0 aromatic rings. The highest BCUT2D eigenvalue weighted by molar-refractivity contribution is 7.58. The number of hydrogen-bond acceptors (Lipinski definition) is 4. The first-order valence-corrected chi connectivity index (χ1v) is 7.70. The summed E-state index contributed by atoms with van der Waals surface area (Å²) in [5.74, 6) is -0.335. The van der Waals surface area contributed by atoms with Gasteiger partial charge in [-0.25, -0.2) is 0 Å². The normalized spacial score (nSPS) is 12.3. The Labute approximate surface area is 105 Å². The molecule has 0 saturated carbocycles. The molecule has 4 nitrogen and oxygen atoms in total. The summed E-state index contributed by atoms with van der Waals surface area (Å²) in [6.07, 6.45) is 3.66. The van der Waals surface area contributed by atoms with Gasteiger partial charge in [-0.05, 0) is 24.4 Å². The Kier molecular flexibility index (Phi) is 9.06. The molecule has 0 rings (SSSR count). The van der Waals surface area contributed by atoms with Crippen LogP contribution < -0.4 is 0 Å². The summed E-state index contributed by atoms with van der Waals surface area (Å²) >= 11 is 0. The molecular weight excluding hydrogens is 239 g/mol. The lowest BCUT2D eigenvalue weighted by Gasteiger charge is -2.23. The molecule has 0 aliphatic rings. The van der Waals surface area contributed by atoms with Crippen molar-refractivity contribution in [3.63, 3.8) is 0 Å². The van der Waals surface area contributed by atoms with E-state index in [2.05, 4.69) is 23.3 Å². The lowest BCUT2D eigenvalue weighted by Crippen LogP contribution is -2.11. The average molecular weight is 262 g/mol. The van der Waals surface area contributed by atoms with Gasteiger partial charge in [-0.3, -0.25) is 9.59 Å². The smallest absolute Gasteiger partial charge is 0.305 e. The minimum Gasteiger partial charge on any atom is -0.469 e. The third kappa shape index (κ3) is 7.32. The fourth-order valence-electron chi connectivity index (χ4n) is 1.48. The fraction of sp³-hybridized carbons (Fsp3) is 0.833. The number of rotatable bonds is 8. The first-order valence-electron chi connectivity index (χ1n) is 5.92. The number of methoxy groups -OCH3 is 2. The summed E-state index contributed by atoms with van der Waals surface area (Å²) in [4.78, 5) is 22.2. The number of ether oxygens (including phenoxy) is 2. The van der Waals surface area contributed by atoms with Gasteiger partial charge in [-0.2, -0.15) is 0 Å². The van der Waals surface area contributed by atoms with E-state index >= 15 is 0 Å². The SMILES string of the molecule is CCC(C)P(CCC(=O)OC)CCC(=O)OC. The average Bonchev–Trinajstić information content (AvgIpc) is 2.36. The third-order valence-electron chi connectivity index (χ3n) is 2.88. The summed E-state index contributed by atoms with van der Waals surface area (Å²) in [6, 6.07) is 0. The maximum Gasteiger partial charge on any atom is 0.305 e. The molecule has 0 fully saturated rings. The first-order chi connectivity index (χ1) is 8.04. The Bertz CT molecular complexity index is 223. The van der Waals surface area contributed by atoms with Crippen molar-refractivity contribution in [1.29, 1.82) is 0 Å². The van der Waals surface area contributed by atoms with Crippen molar-refractivity contribution < 1.29 is 19.1 Å². The van der Waals surface area contributed by atoms with Crippen molar-refractivity contribution in [3.8, 4) is 0 Å². The Hall–Kier alpha value is -0.630. The summed E-state index contributed by atoms with van der Waals surface area (Å²) in [6.45, 7) is 4.32. The van der Waals surface area contributed by atoms with Gasteiger partial charge in [0.1, 0.15) is 0 Å². The van der Waals surface area contributed by atoms with E-state index in [1.54, 1.807) is 0 Å². The van der Waals surface area contributed by atoms with Gasteiger partial charge < -0.3 is 9.47 Å². The van der Waals surface area contributed by atoms with Crippen LogP contribution in [0.25, 0.3) is 0 Å². The van der Waals surface area contributed by atoms with Crippen molar-refractivity contribution in [2.24, 2.45) is 0 Å². The molecule has 1 unspecified atom stereocenters. The van der Waals surface area contributed by atoms with E-state index in [4.69, 9.17) is 0 Å². The largest absolute Gasteiger partial charge is 0.469 e. The van der Waals surface area contributed by atoms with E-state index in [9.17, 15) is 9.59 Å². The van der Waals surface area contributed by atoms with Crippen molar-refractivity contribution in [1.82, 2.24) is 0 Å². The predicted octanol–water partition coefficient (Wildman–Crippen LogP) is 2.39. The highest BCUT2D eigenvalue weighted by atomic mass is 31.1. The van der Waals surface area contributed by atoms with Gasteiger partial charge in [0, 0.05) is 12.8 Å². The van der Waals surface area contributed by atoms with Crippen LogP contribution in [0.15, 0.2) is 0 Å². The Morgan fingerprint density at radius 2 is 1.47 bits per heavy atom. The summed E-state index contributed by atoms with van der Waals surface area (Å²) in [5.41, 5.74) is 0.569. The zero-order chi connectivity index (χ0) is 13.3. The summed E-state index contributed by atoms with van der Waals surface area (Å²) in [7, 11) is 2.51. The van der Waals surface area contributed by atoms with E-state index in [1.165, 1.54) is 14.2 Å². The van der Waals surface area contributed by atoms with Crippen LogP contribution in [0.5, 0.6) is 0 Å². The van der Waals surface area contributed by atoms with Crippen LogP contribution in [0.1, 0.15) is 33.1 Å². The van der Waals surface area contributed by atoms with Gasteiger partial charge in [0.25, 0.3) is 0 Å². The minimum atomic E-state index is -0.300. The first kappa shape index (κ1) is 16.4. The van der Waals surface area contributed by atoms with E-state index in [-0.39, 0.29) is 19.9 Å². The highest BCUT2D eigenvalue weighted by Crippen LogP contribution is 2.43. The minimum absolute atomic E-state index is 0.168. The van der Waals surface area contributed by atoms with Crippen LogP contribution in [-0.4, -0.2) is 44.1 Å². The third-order valence-corrected chi connectivity index (χ3v) is 6.08. The van der Waals surface area contributed by atoms with Crippen LogP contribution in [0, 0.1) is 0 Å². The zero-order valence-electron chi connectivity index (χ0n) is 11.2. The van der Waals surface area contributed by atoms with Gasteiger partial charge in [0.05, 0.1) is 14.2 Å². The lowest BCUT2D eigenvalue weighted by molar-refractivity contribution is -0.140. The Balaban J connectivity index is 4.14. The molecule has 1 atom stereocenters. The lowest BCUT2D eigenvalue weighted by atomic mass is 10.4. The zero-order valence-corrected chi connectivity index (χ0v) is 12.1. The van der Waals surface area contributed by atoms with Crippen molar-refractivity contribution in [3.05, 3.63) is 0 Å². The maximum atomic E-state index is 11.1. The number of esters is 2. The Morgan fingerprint density at radius 1 is 1.06 bits per heavy atom. The number of carbonyl (C=O) groups excluding carboxylic acids is 2. The molecule has 0 aromatic heterocycles. The molecule has 0 amide bonds. The number of carbonyl (C=O) groups is 2. The molecule has 0 spiro atoms. The molecule has 0 N–H and O–H groups in total. The molecule has 5 heteroatoms. The predicted molar refractivity (Wildman–Crippen MR) is 69.7 cm³/mol. The summed E-state index contributed by atoms with van der Waals surface area (Å²) in [5, 5.41) is 0.